The van der Waals surface area contributed by atoms with Crippen LogP contribution in [0.25, 0.3) is 0 Å². The summed E-state index contributed by atoms with van der Waals surface area (Å²) in [6.07, 6.45) is 3.63. The molecule has 2 unspecified atom stereocenters. The van der Waals surface area contributed by atoms with Gasteiger partial charge in [-0.25, -0.2) is 0 Å². The fraction of sp³-hybridized carbons (Fsp3) is 0.455. The Labute approximate surface area is 160 Å². The molecule has 0 spiro atoms. The van der Waals surface area contributed by atoms with Crippen LogP contribution in [0.1, 0.15) is 38.0 Å². The standard InChI is InChI=1S/C22H28N2O3/c1-3-19(13-17-9-6-5-7-10-17)24(4-2)22(26)18-14-21(25)23(15-18)16-20-11-8-12-27-20/h5-12,18-19H,3-4,13-16H2,1-2H3. The molecule has 2 heterocycles. The fourth-order valence-electron chi connectivity index (χ4n) is 3.87. The minimum Gasteiger partial charge on any atom is -0.467 e. The molecule has 27 heavy (non-hydrogen) atoms. The molecule has 1 aromatic heterocycles. The Kier molecular flexibility index (Phi) is 6.32. The number of hydrogen-bond donors (Lipinski definition) is 0. The molecule has 1 aliphatic heterocycles. The Hall–Kier alpha value is -2.56. The Morgan fingerprint density at radius 2 is 2.00 bits per heavy atom. The average Bonchev–Trinajstić information content (AvgIpc) is 3.32. The van der Waals surface area contributed by atoms with Crippen LogP contribution in [-0.4, -0.2) is 40.7 Å². The Morgan fingerprint density at radius 1 is 1.22 bits per heavy atom. The highest BCUT2D eigenvalue weighted by Crippen LogP contribution is 2.24. The van der Waals surface area contributed by atoms with Crippen molar-refractivity contribution < 1.29 is 14.0 Å². The molecule has 144 valence electrons. The van der Waals surface area contributed by atoms with Crippen molar-refractivity contribution in [2.24, 2.45) is 5.92 Å². The van der Waals surface area contributed by atoms with E-state index in [9.17, 15) is 9.59 Å². The molecule has 2 amide bonds. The van der Waals surface area contributed by atoms with E-state index in [4.69, 9.17) is 4.42 Å². The van der Waals surface area contributed by atoms with Crippen molar-refractivity contribution in [3.05, 3.63) is 60.1 Å². The molecule has 2 atom stereocenters. The van der Waals surface area contributed by atoms with E-state index in [-0.39, 0.29) is 30.2 Å². The van der Waals surface area contributed by atoms with Crippen LogP contribution in [-0.2, 0) is 22.6 Å². The lowest BCUT2D eigenvalue weighted by Gasteiger charge is -2.32. The molecule has 0 aliphatic carbocycles. The van der Waals surface area contributed by atoms with Gasteiger partial charge in [-0.15, -0.1) is 0 Å². The van der Waals surface area contributed by atoms with Crippen LogP contribution in [0.5, 0.6) is 0 Å². The number of hydrogen-bond acceptors (Lipinski definition) is 3. The number of carbonyl (C=O) groups excluding carboxylic acids is 2. The highest BCUT2D eigenvalue weighted by atomic mass is 16.3. The van der Waals surface area contributed by atoms with Gasteiger partial charge in [0.1, 0.15) is 5.76 Å². The molecular formula is C22H28N2O3. The van der Waals surface area contributed by atoms with Gasteiger partial charge < -0.3 is 14.2 Å². The van der Waals surface area contributed by atoms with Gasteiger partial charge in [-0.2, -0.15) is 0 Å². The van der Waals surface area contributed by atoms with Gasteiger partial charge in [0.05, 0.1) is 18.7 Å². The van der Waals surface area contributed by atoms with Gasteiger partial charge in [0, 0.05) is 25.6 Å². The van der Waals surface area contributed by atoms with E-state index in [1.165, 1.54) is 5.56 Å². The topological polar surface area (TPSA) is 53.8 Å². The van der Waals surface area contributed by atoms with E-state index < -0.39 is 0 Å². The lowest BCUT2D eigenvalue weighted by atomic mass is 9.99. The number of furan rings is 1. The Morgan fingerprint density at radius 3 is 2.63 bits per heavy atom. The van der Waals surface area contributed by atoms with Crippen LogP contribution in [0, 0.1) is 5.92 Å². The minimum atomic E-state index is -0.266. The fourth-order valence-corrected chi connectivity index (χ4v) is 3.87. The van der Waals surface area contributed by atoms with E-state index in [1.54, 1.807) is 11.2 Å². The van der Waals surface area contributed by atoms with Gasteiger partial charge in [-0.3, -0.25) is 9.59 Å². The number of likely N-dealkylation sites (N-methyl/N-ethyl adjacent to an activating group) is 1. The van der Waals surface area contributed by atoms with E-state index in [1.807, 2.05) is 42.2 Å². The Bertz CT molecular complexity index is 742. The van der Waals surface area contributed by atoms with Crippen molar-refractivity contribution in [3.8, 4) is 0 Å². The second kappa shape index (κ2) is 8.89. The molecule has 5 nitrogen and oxygen atoms in total. The highest BCUT2D eigenvalue weighted by Gasteiger charge is 2.37. The first kappa shape index (κ1) is 19.2. The second-order valence-corrected chi connectivity index (χ2v) is 7.13. The molecule has 1 fully saturated rings. The molecule has 0 N–H and O–H groups in total. The maximum absolute atomic E-state index is 13.2. The van der Waals surface area contributed by atoms with Gasteiger partial charge >= 0.3 is 0 Å². The van der Waals surface area contributed by atoms with Crippen LogP contribution in [0.15, 0.2) is 53.1 Å². The smallest absolute Gasteiger partial charge is 0.228 e. The third-order valence-corrected chi connectivity index (χ3v) is 5.34. The molecule has 0 bridgehead atoms. The van der Waals surface area contributed by atoms with Crippen molar-refractivity contribution in [2.75, 3.05) is 13.1 Å². The van der Waals surface area contributed by atoms with Crippen LogP contribution < -0.4 is 0 Å². The van der Waals surface area contributed by atoms with Gasteiger partial charge in [0.15, 0.2) is 0 Å². The lowest BCUT2D eigenvalue weighted by molar-refractivity contribution is -0.138. The summed E-state index contributed by atoms with van der Waals surface area (Å²) < 4.78 is 5.34. The molecule has 1 aliphatic rings. The molecule has 5 heteroatoms. The van der Waals surface area contributed by atoms with Gasteiger partial charge in [-0.05, 0) is 37.5 Å². The monoisotopic (exact) mass is 368 g/mol. The molecular weight excluding hydrogens is 340 g/mol. The number of likely N-dealkylation sites (tertiary alicyclic amines) is 1. The summed E-state index contributed by atoms with van der Waals surface area (Å²) in [4.78, 5) is 29.2. The van der Waals surface area contributed by atoms with Crippen LogP contribution in [0.4, 0.5) is 0 Å². The summed E-state index contributed by atoms with van der Waals surface area (Å²) >= 11 is 0. The zero-order valence-corrected chi connectivity index (χ0v) is 16.1. The molecule has 0 radical (unpaired) electrons. The van der Waals surface area contributed by atoms with E-state index >= 15 is 0 Å². The van der Waals surface area contributed by atoms with Crippen LogP contribution in [0.3, 0.4) is 0 Å². The summed E-state index contributed by atoms with van der Waals surface area (Å²) in [6, 6.07) is 14.1. The van der Waals surface area contributed by atoms with Gasteiger partial charge in [-0.1, -0.05) is 37.3 Å². The summed E-state index contributed by atoms with van der Waals surface area (Å²) in [5, 5.41) is 0. The van der Waals surface area contributed by atoms with Gasteiger partial charge in [0.25, 0.3) is 0 Å². The first-order valence-electron chi connectivity index (χ1n) is 9.76. The van der Waals surface area contributed by atoms with Crippen molar-refractivity contribution in [3.63, 3.8) is 0 Å². The predicted octanol–water partition coefficient (Wildman–Crippen LogP) is 3.50. The minimum absolute atomic E-state index is 0.0249. The summed E-state index contributed by atoms with van der Waals surface area (Å²) in [5.41, 5.74) is 1.23. The number of carbonyl (C=O) groups is 2. The first-order valence-corrected chi connectivity index (χ1v) is 9.76. The van der Waals surface area contributed by atoms with E-state index in [2.05, 4.69) is 19.1 Å². The SMILES string of the molecule is CCC(Cc1ccccc1)N(CC)C(=O)C1CC(=O)N(Cc2ccco2)C1. The van der Waals surface area contributed by atoms with Crippen LogP contribution >= 0.6 is 0 Å². The van der Waals surface area contributed by atoms with Crippen LogP contribution in [0.2, 0.25) is 0 Å². The van der Waals surface area contributed by atoms with Crippen molar-refractivity contribution in [1.29, 1.82) is 0 Å². The molecule has 2 aromatic rings. The third-order valence-electron chi connectivity index (χ3n) is 5.34. The molecule has 0 saturated carbocycles. The second-order valence-electron chi connectivity index (χ2n) is 7.13. The van der Waals surface area contributed by atoms with Crippen molar-refractivity contribution in [1.82, 2.24) is 9.80 Å². The lowest BCUT2D eigenvalue weighted by Crippen LogP contribution is -2.45. The van der Waals surface area contributed by atoms with Crippen molar-refractivity contribution >= 4 is 11.8 Å². The zero-order valence-electron chi connectivity index (χ0n) is 16.1. The quantitative estimate of drug-likeness (QED) is 0.717. The average molecular weight is 368 g/mol. The third kappa shape index (κ3) is 4.59. The molecule has 3 rings (SSSR count). The van der Waals surface area contributed by atoms with E-state index in [0.29, 0.717) is 19.6 Å². The van der Waals surface area contributed by atoms with E-state index in [0.717, 1.165) is 18.6 Å². The summed E-state index contributed by atoms with van der Waals surface area (Å²) in [7, 11) is 0. The summed E-state index contributed by atoms with van der Waals surface area (Å²) in [6.45, 7) is 5.70. The molecule has 1 saturated heterocycles. The maximum Gasteiger partial charge on any atom is 0.228 e. The Balaban J connectivity index is 1.65. The first-order chi connectivity index (χ1) is 13.1. The normalized spacial score (nSPS) is 17.9. The van der Waals surface area contributed by atoms with Gasteiger partial charge in [0.2, 0.25) is 11.8 Å². The predicted molar refractivity (Wildman–Crippen MR) is 104 cm³/mol. The van der Waals surface area contributed by atoms with Crippen molar-refractivity contribution in [2.45, 2.75) is 45.7 Å². The maximum atomic E-state index is 13.2. The molecule has 1 aromatic carbocycles. The highest BCUT2D eigenvalue weighted by molar-refractivity contribution is 5.89. The number of nitrogens with zero attached hydrogens (tertiary/aromatic N) is 2. The number of rotatable bonds is 8. The number of amides is 2. The summed E-state index contributed by atoms with van der Waals surface area (Å²) in [5.74, 6) is 0.601. The zero-order chi connectivity index (χ0) is 19.2. The largest absolute Gasteiger partial charge is 0.467 e. The number of benzene rings is 1.